The van der Waals surface area contributed by atoms with Crippen LogP contribution in [0.15, 0.2) is 24.3 Å². The standard InChI is InChI=1S/C17H25N3O.2ClH/c1-14-6-2-3-8-16(14)19-10-12-20(13-11-19)17(21)15-7-4-5-9-18-15;;/h2-3,6,8,15,18H,4-5,7,9-13H2,1H3;2*1H/t15-;;/m0../s1. The summed E-state index contributed by atoms with van der Waals surface area (Å²) in [6.45, 7) is 6.68. The normalized spacial score (nSPS) is 21.2. The lowest BCUT2D eigenvalue weighted by molar-refractivity contribution is -0.134. The fourth-order valence-electron chi connectivity index (χ4n) is 3.37. The van der Waals surface area contributed by atoms with Gasteiger partial charge in [0.15, 0.2) is 0 Å². The van der Waals surface area contributed by atoms with Crippen molar-refractivity contribution in [2.45, 2.75) is 32.2 Å². The Hall–Kier alpha value is -0.970. The van der Waals surface area contributed by atoms with E-state index < -0.39 is 0 Å². The molecule has 0 radical (unpaired) electrons. The molecule has 3 rings (SSSR count). The van der Waals surface area contributed by atoms with Crippen molar-refractivity contribution in [3.63, 3.8) is 0 Å². The number of hydrogen-bond acceptors (Lipinski definition) is 3. The van der Waals surface area contributed by atoms with Crippen LogP contribution in [-0.4, -0.2) is 49.6 Å². The number of anilines is 1. The summed E-state index contributed by atoms with van der Waals surface area (Å²) in [6, 6.07) is 8.55. The summed E-state index contributed by atoms with van der Waals surface area (Å²) in [6.07, 6.45) is 3.37. The number of hydrogen-bond donors (Lipinski definition) is 1. The van der Waals surface area contributed by atoms with E-state index in [1.165, 1.54) is 24.1 Å². The van der Waals surface area contributed by atoms with Gasteiger partial charge in [0.05, 0.1) is 6.04 Å². The first-order valence-corrected chi connectivity index (χ1v) is 8.08. The van der Waals surface area contributed by atoms with E-state index in [9.17, 15) is 4.79 Å². The number of carbonyl (C=O) groups is 1. The SMILES string of the molecule is Cc1ccccc1N1CCN(C(=O)[C@@H]2CCCCN2)CC1.Cl.Cl. The molecule has 0 aliphatic carbocycles. The molecular weight excluding hydrogens is 333 g/mol. The molecule has 4 nitrogen and oxygen atoms in total. The molecule has 2 saturated heterocycles. The molecule has 6 heteroatoms. The first kappa shape index (κ1) is 20.1. The van der Waals surface area contributed by atoms with Crippen LogP contribution in [0.4, 0.5) is 5.69 Å². The molecule has 130 valence electrons. The highest BCUT2D eigenvalue weighted by atomic mass is 35.5. The molecule has 2 heterocycles. The van der Waals surface area contributed by atoms with Crippen molar-refractivity contribution < 1.29 is 4.79 Å². The van der Waals surface area contributed by atoms with Crippen LogP contribution in [-0.2, 0) is 4.79 Å². The Balaban J connectivity index is 0.00000132. The number of piperazine rings is 1. The molecule has 2 aliphatic rings. The van der Waals surface area contributed by atoms with Gasteiger partial charge in [-0.25, -0.2) is 0 Å². The highest BCUT2D eigenvalue weighted by molar-refractivity contribution is 5.85. The number of nitrogens with one attached hydrogen (secondary N) is 1. The topological polar surface area (TPSA) is 35.6 Å². The number of piperidine rings is 1. The molecule has 23 heavy (non-hydrogen) atoms. The van der Waals surface area contributed by atoms with Gasteiger partial charge in [0.1, 0.15) is 0 Å². The van der Waals surface area contributed by atoms with Gasteiger partial charge in [-0.3, -0.25) is 4.79 Å². The maximum atomic E-state index is 12.5. The summed E-state index contributed by atoms with van der Waals surface area (Å²) >= 11 is 0. The van der Waals surface area contributed by atoms with Gasteiger partial charge in [0, 0.05) is 31.9 Å². The number of carbonyl (C=O) groups excluding carboxylic acids is 1. The zero-order valence-corrected chi connectivity index (χ0v) is 15.3. The minimum atomic E-state index is 0. The van der Waals surface area contributed by atoms with Crippen LogP contribution in [0.25, 0.3) is 0 Å². The van der Waals surface area contributed by atoms with Gasteiger partial charge in [-0.05, 0) is 37.9 Å². The lowest BCUT2D eigenvalue weighted by Crippen LogP contribution is -2.55. The monoisotopic (exact) mass is 359 g/mol. The van der Waals surface area contributed by atoms with E-state index in [1.54, 1.807) is 0 Å². The van der Waals surface area contributed by atoms with E-state index >= 15 is 0 Å². The molecule has 0 spiro atoms. The van der Waals surface area contributed by atoms with E-state index in [0.29, 0.717) is 5.91 Å². The maximum Gasteiger partial charge on any atom is 0.239 e. The number of nitrogens with zero attached hydrogens (tertiary/aromatic N) is 2. The highest BCUT2D eigenvalue weighted by Gasteiger charge is 2.28. The molecule has 1 aromatic rings. The Morgan fingerprint density at radius 1 is 1.09 bits per heavy atom. The zero-order chi connectivity index (χ0) is 14.7. The first-order valence-electron chi connectivity index (χ1n) is 8.08. The Labute approximate surface area is 151 Å². The fraction of sp³-hybridized carbons (Fsp3) is 0.588. The second-order valence-electron chi connectivity index (χ2n) is 6.10. The lowest BCUT2D eigenvalue weighted by atomic mass is 10.0. The molecule has 1 aromatic carbocycles. The number of halogens is 2. The molecular formula is C17H27Cl2N3O. The number of aryl methyl sites for hydroxylation is 1. The maximum absolute atomic E-state index is 12.5. The van der Waals surface area contributed by atoms with Crippen molar-refractivity contribution in [3.05, 3.63) is 29.8 Å². The van der Waals surface area contributed by atoms with Crippen molar-refractivity contribution in [1.29, 1.82) is 0 Å². The summed E-state index contributed by atoms with van der Waals surface area (Å²) in [5.74, 6) is 0.305. The van der Waals surface area contributed by atoms with E-state index in [4.69, 9.17) is 0 Å². The number of para-hydroxylation sites is 1. The summed E-state index contributed by atoms with van der Waals surface area (Å²) < 4.78 is 0. The average molecular weight is 360 g/mol. The lowest BCUT2D eigenvalue weighted by Gasteiger charge is -2.38. The van der Waals surface area contributed by atoms with Gasteiger partial charge >= 0.3 is 0 Å². The Morgan fingerprint density at radius 2 is 1.78 bits per heavy atom. The summed E-state index contributed by atoms with van der Waals surface area (Å²) in [5.41, 5.74) is 2.62. The highest BCUT2D eigenvalue weighted by Crippen LogP contribution is 2.21. The molecule has 1 N–H and O–H groups in total. The fourth-order valence-corrected chi connectivity index (χ4v) is 3.37. The van der Waals surface area contributed by atoms with Gasteiger partial charge in [0.2, 0.25) is 5.91 Å². The second-order valence-corrected chi connectivity index (χ2v) is 6.10. The molecule has 0 aromatic heterocycles. The van der Waals surface area contributed by atoms with Crippen LogP contribution in [0.5, 0.6) is 0 Å². The number of rotatable bonds is 2. The summed E-state index contributed by atoms with van der Waals surface area (Å²) in [7, 11) is 0. The molecule has 0 bridgehead atoms. The smallest absolute Gasteiger partial charge is 0.239 e. The van der Waals surface area contributed by atoms with E-state index in [1.807, 2.05) is 4.90 Å². The molecule has 0 saturated carbocycles. The first-order chi connectivity index (χ1) is 10.3. The molecule has 1 atom stereocenters. The Morgan fingerprint density at radius 3 is 2.39 bits per heavy atom. The van der Waals surface area contributed by atoms with Gasteiger partial charge in [0.25, 0.3) is 0 Å². The molecule has 1 amide bonds. The Bertz CT molecular complexity index is 498. The van der Waals surface area contributed by atoms with Gasteiger partial charge in [-0.1, -0.05) is 24.6 Å². The largest absolute Gasteiger partial charge is 0.368 e. The van der Waals surface area contributed by atoms with Crippen molar-refractivity contribution in [1.82, 2.24) is 10.2 Å². The van der Waals surface area contributed by atoms with Crippen LogP contribution in [0.1, 0.15) is 24.8 Å². The zero-order valence-electron chi connectivity index (χ0n) is 13.7. The van der Waals surface area contributed by atoms with E-state index in [0.717, 1.165) is 39.1 Å². The van der Waals surface area contributed by atoms with Crippen molar-refractivity contribution in [2.24, 2.45) is 0 Å². The second kappa shape index (κ2) is 9.36. The quantitative estimate of drug-likeness (QED) is 0.881. The van der Waals surface area contributed by atoms with Gasteiger partial charge in [-0.15, -0.1) is 24.8 Å². The van der Waals surface area contributed by atoms with Crippen LogP contribution >= 0.6 is 24.8 Å². The minimum Gasteiger partial charge on any atom is -0.368 e. The van der Waals surface area contributed by atoms with Gasteiger partial charge < -0.3 is 15.1 Å². The van der Waals surface area contributed by atoms with Crippen LogP contribution in [0.3, 0.4) is 0 Å². The van der Waals surface area contributed by atoms with Gasteiger partial charge in [-0.2, -0.15) is 0 Å². The van der Waals surface area contributed by atoms with Crippen molar-refractivity contribution >= 4 is 36.4 Å². The Kier molecular flexibility index (Phi) is 8.17. The minimum absolute atomic E-state index is 0. The number of amides is 1. The third-order valence-electron chi connectivity index (χ3n) is 4.66. The molecule has 0 unspecified atom stereocenters. The summed E-state index contributed by atoms with van der Waals surface area (Å²) in [4.78, 5) is 16.9. The third kappa shape index (κ3) is 4.75. The molecule has 2 aliphatic heterocycles. The van der Waals surface area contributed by atoms with Crippen molar-refractivity contribution in [2.75, 3.05) is 37.6 Å². The average Bonchev–Trinajstić information content (AvgIpc) is 2.56. The predicted octanol–water partition coefficient (Wildman–Crippen LogP) is 2.63. The van der Waals surface area contributed by atoms with Crippen LogP contribution in [0.2, 0.25) is 0 Å². The van der Waals surface area contributed by atoms with Crippen molar-refractivity contribution in [3.8, 4) is 0 Å². The number of benzene rings is 1. The third-order valence-corrected chi connectivity index (χ3v) is 4.66. The van der Waals surface area contributed by atoms with Crippen LogP contribution in [0, 0.1) is 6.92 Å². The summed E-state index contributed by atoms with van der Waals surface area (Å²) in [5, 5.41) is 3.36. The molecule has 2 fully saturated rings. The van der Waals surface area contributed by atoms with E-state index in [-0.39, 0.29) is 30.9 Å². The predicted molar refractivity (Wildman–Crippen MR) is 100 cm³/mol. The van der Waals surface area contributed by atoms with Crippen LogP contribution < -0.4 is 10.2 Å². The van der Waals surface area contributed by atoms with E-state index in [2.05, 4.69) is 41.4 Å².